The van der Waals surface area contributed by atoms with Gasteiger partial charge in [0.2, 0.25) is 0 Å². The van der Waals surface area contributed by atoms with Crippen molar-refractivity contribution in [1.29, 1.82) is 0 Å². The summed E-state index contributed by atoms with van der Waals surface area (Å²) in [5.41, 5.74) is 7.02. The first-order chi connectivity index (χ1) is 5.83. The molecule has 0 unspecified atom stereocenters. The van der Waals surface area contributed by atoms with Gasteiger partial charge in [-0.3, -0.25) is 0 Å². The molecule has 2 nitrogen and oxygen atoms in total. The Hall–Kier alpha value is -1.02. The number of hydrogen-bond acceptors (Lipinski definition) is 2. The van der Waals surface area contributed by atoms with Crippen LogP contribution in [0.4, 0.5) is 0 Å². The van der Waals surface area contributed by atoms with Crippen LogP contribution in [0.3, 0.4) is 0 Å². The van der Waals surface area contributed by atoms with Gasteiger partial charge in [0.25, 0.3) is 0 Å². The van der Waals surface area contributed by atoms with Gasteiger partial charge in [-0.05, 0) is 18.1 Å². The highest BCUT2D eigenvalue weighted by molar-refractivity contribution is 5.40. The Morgan fingerprint density at radius 2 is 2.08 bits per heavy atom. The lowest BCUT2D eigenvalue weighted by atomic mass is 10.1. The zero-order valence-corrected chi connectivity index (χ0v) is 7.16. The van der Waals surface area contributed by atoms with E-state index in [2.05, 4.69) is 6.07 Å². The summed E-state index contributed by atoms with van der Waals surface area (Å²) in [6, 6.07) is 8.44. The van der Waals surface area contributed by atoms with E-state index >= 15 is 0 Å². The van der Waals surface area contributed by atoms with Gasteiger partial charge in [-0.15, -0.1) is 0 Å². The molecule has 0 heterocycles. The molecular formula is C10H13NO. The minimum atomic E-state index is 0.348. The molecule has 0 saturated heterocycles. The van der Waals surface area contributed by atoms with Crippen LogP contribution in [0.25, 0.3) is 0 Å². The number of rotatable bonds is 2. The molecule has 1 aliphatic rings. The topological polar surface area (TPSA) is 35.2 Å². The number of para-hydroxylation sites is 1. The van der Waals surface area contributed by atoms with Gasteiger partial charge >= 0.3 is 0 Å². The van der Waals surface area contributed by atoms with Crippen molar-refractivity contribution in [2.45, 2.75) is 18.4 Å². The van der Waals surface area contributed by atoms with E-state index in [1.165, 1.54) is 5.56 Å². The van der Waals surface area contributed by atoms with Gasteiger partial charge in [0, 0.05) is 12.0 Å². The van der Waals surface area contributed by atoms with Gasteiger partial charge in [0.05, 0.1) is 7.11 Å². The zero-order valence-electron chi connectivity index (χ0n) is 7.16. The van der Waals surface area contributed by atoms with E-state index in [-0.39, 0.29) is 0 Å². The summed E-state index contributed by atoms with van der Waals surface area (Å²) in [4.78, 5) is 0. The second kappa shape index (κ2) is 2.79. The molecule has 1 aromatic carbocycles. The van der Waals surface area contributed by atoms with E-state index in [4.69, 9.17) is 10.5 Å². The maximum absolute atomic E-state index is 5.77. The van der Waals surface area contributed by atoms with E-state index in [1.807, 2.05) is 18.2 Å². The fourth-order valence-corrected chi connectivity index (χ4v) is 1.55. The fourth-order valence-electron chi connectivity index (χ4n) is 1.55. The van der Waals surface area contributed by atoms with Crippen LogP contribution >= 0.6 is 0 Å². The molecule has 1 fully saturated rings. The summed E-state index contributed by atoms with van der Waals surface area (Å²) in [5, 5.41) is 0. The number of ether oxygens (including phenoxy) is 1. The Bertz CT molecular complexity index is 285. The minimum Gasteiger partial charge on any atom is -0.496 e. The second-order valence-electron chi connectivity index (χ2n) is 3.25. The van der Waals surface area contributed by atoms with Gasteiger partial charge in [-0.1, -0.05) is 18.2 Å². The normalized spacial score (nSPS) is 26.8. The molecule has 0 aromatic heterocycles. The molecule has 64 valence electrons. The highest BCUT2D eigenvalue weighted by Crippen LogP contribution is 2.42. The molecule has 2 N–H and O–H groups in total. The first-order valence-electron chi connectivity index (χ1n) is 4.21. The quantitative estimate of drug-likeness (QED) is 0.717. The molecule has 1 aliphatic carbocycles. The predicted octanol–water partition coefficient (Wildman–Crippen LogP) is 1.51. The summed E-state index contributed by atoms with van der Waals surface area (Å²) in [6.07, 6.45) is 1.10. The second-order valence-corrected chi connectivity index (χ2v) is 3.25. The van der Waals surface area contributed by atoms with Crippen LogP contribution in [0.5, 0.6) is 5.75 Å². The van der Waals surface area contributed by atoms with E-state index in [9.17, 15) is 0 Å². The first kappa shape index (κ1) is 7.62. The van der Waals surface area contributed by atoms with Crippen molar-refractivity contribution in [2.24, 2.45) is 5.73 Å². The molecule has 0 spiro atoms. The van der Waals surface area contributed by atoms with Gasteiger partial charge in [0.15, 0.2) is 0 Å². The Labute approximate surface area is 72.3 Å². The van der Waals surface area contributed by atoms with Gasteiger partial charge in [-0.25, -0.2) is 0 Å². The fraction of sp³-hybridized carbons (Fsp3) is 0.400. The Kier molecular flexibility index (Phi) is 1.77. The van der Waals surface area contributed by atoms with Crippen molar-refractivity contribution in [1.82, 2.24) is 0 Å². The molecule has 0 bridgehead atoms. The van der Waals surface area contributed by atoms with Crippen molar-refractivity contribution in [3.63, 3.8) is 0 Å². The first-order valence-corrected chi connectivity index (χ1v) is 4.21. The van der Waals surface area contributed by atoms with Gasteiger partial charge < -0.3 is 10.5 Å². The summed E-state index contributed by atoms with van der Waals surface area (Å²) in [7, 11) is 1.70. The van der Waals surface area contributed by atoms with Crippen molar-refractivity contribution < 1.29 is 4.74 Å². The van der Waals surface area contributed by atoms with Crippen LogP contribution in [0.15, 0.2) is 24.3 Å². The lowest BCUT2D eigenvalue weighted by Crippen LogP contribution is -2.01. The molecule has 0 amide bonds. The standard InChI is InChI=1S/C10H13NO/c1-12-10-5-3-2-4-7(10)8-6-9(8)11/h2-5,8-9H,6,11H2,1H3/t8-,9-/m1/s1. The van der Waals surface area contributed by atoms with Crippen molar-refractivity contribution in [3.8, 4) is 5.75 Å². The monoisotopic (exact) mass is 163 g/mol. The third kappa shape index (κ3) is 1.18. The zero-order chi connectivity index (χ0) is 8.55. The molecule has 2 rings (SSSR count). The largest absolute Gasteiger partial charge is 0.496 e. The van der Waals surface area contributed by atoms with E-state index in [0.29, 0.717) is 12.0 Å². The lowest BCUT2D eigenvalue weighted by molar-refractivity contribution is 0.409. The minimum absolute atomic E-state index is 0.348. The molecule has 0 aliphatic heterocycles. The van der Waals surface area contributed by atoms with Crippen LogP contribution in [0.1, 0.15) is 17.9 Å². The average molecular weight is 163 g/mol. The van der Waals surface area contributed by atoms with E-state index in [1.54, 1.807) is 7.11 Å². The maximum atomic E-state index is 5.77. The molecule has 1 saturated carbocycles. The summed E-state index contributed by atoms with van der Waals surface area (Å²) in [6.45, 7) is 0. The van der Waals surface area contributed by atoms with Crippen LogP contribution in [-0.2, 0) is 0 Å². The van der Waals surface area contributed by atoms with E-state index in [0.717, 1.165) is 12.2 Å². The molecule has 2 atom stereocenters. The summed E-state index contributed by atoms with van der Waals surface area (Å²) in [5.74, 6) is 1.50. The molecule has 1 aromatic rings. The number of nitrogens with two attached hydrogens (primary N) is 1. The van der Waals surface area contributed by atoms with Gasteiger partial charge in [0.1, 0.15) is 5.75 Å². The molecule has 12 heavy (non-hydrogen) atoms. The van der Waals surface area contributed by atoms with Crippen molar-refractivity contribution >= 4 is 0 Å². The van der Waals surface area contributed by atoms with Crippen LogP contribution in [-0.4, -0.2) is 13.2 Å². The van der Waals surface area contributed by atoms with E-state index < -0.39 is 0 Å². The van der Waals surface area contributed by atoms with Crippen molar-refractivity contribution in [3.05, 3.63) is 29.8 Å². The van der Waals surface area contributed by atoms with Crippen molar-refractivity contribution in [2.75, 3.05) is 7.11 Å². The molecular weight excluding hydrogens is 150 g/mol. The van der Waals surface area contributed by atoms with Gasteiger partial charge in [-0.2, -0.15) is 0 Å². The summed E-state index contributed by atoms with van der Waals surface area (Å²) >= 11 is 0. The lowest BCUT2D eigenvalue weighted by Gasteiger charge is -2.05. The Morgan fingerprint density at radius 1 is 1.42 bits per heavy atom. The van der Waals surface area contributed by atoms with Crippen LogP contribution in [0.2, 0.25) is 0 Å². The molecule has 0 radical (unpaired) electrons. The average Bonchev–Trinajstić information content (AvgIpc) is 2.83. The third-order valence-corrected chi connectivity index (χ3v) is 2.38. The summed E-state index contributed by atoms with van der Waals surface area (Å²) < 4.78 is 5.24. The third-order valence-electron chi connectivity index (χ3n) is 2.38. The SMILES string of the molecule is COc1ccccc1[C@H]1C[C@H]1N. The molecule has 2 heteroatoms. The Balaban J connectivity index is 2.29. The maximum Gasteiger partial charge on any atom is 0.122 e. The number of methoxy groups -OCH3 is 1. The predicted molar refractivity (Wildman–Crippen MR) is 48.3 cm³/mol. The number of hydrogen-bond donors (Lipinski definition) is 1. The Morgan fingerprint density at radius 3 is 2.67 bits per heavy atom. The highest BCUT2D eigenvalue weighted by Gasteiger charge is 2.36. The highest BCUT2D eigenvalue weighted by atomic mass is 16.5. The number of benzene rings is 1. The van der Waals surface area contributed by atoms with Crippen LogP contribution < -0.4 is 10.5 Å². The van der Waals surface area contributed by atoms with Crippen LogP contribution in [0, 0.1) is 0 Å². The smallest absolute Gasteiger partial charge is 0.122 e.